The van der Waals surface area contributed by atoms with Crippen LogP contribution in [0.1, 0.15) is 55.6 Å². The monoisotopic (exact) mass is 462 g/mol. The Kier molecular flexibility index (Phi) is 6.26. The number of ether oxygens (including phenoxy) is 1. The number of benzene rings is 2. The molecular weight excluding hydrogens is 432 g/mol. The minimum Gasteiger partial charge on any atom is -0.480 e. The van der Waals surface area contributed by atoms with Gasteiger partial charge in [0.1, 0.15) is 12.6 Å². The molecule has 0 radical (unpaired) electrons. The van der Waals surface area contributed by atoms with Crippen LogP contribution in [-0.2, 0) is 14.3 Å². The average Bonchev–Trinajstić information content (AvgIpc) is 3.56. The van der Waals surface area contributed by atoms with E-state index in [1.54, 1.807) is 0 Å². The van der Waals surface area contributed by atoms with Gasteiger partial charge in [-0.15, -0.1) is 0 Å². The smallest absolute Gasteiger partial charge is 0.407 e. The summed E-state index contributed by atoms with van der Waals surface area (Å²) in [4.78, 5) is 36.0. The summed E-state index contributed by atoms with van der Waals surface area (Å²) in [6.45, 7) is 0.274. The first kappa shape index (κ1) is 22.4. The minimum atomic E-state index is -0.969. The highest BCUT2D eigenvalue weighted by molar-refractivity contribution is 5.83. The van der Waals surface area contributed by atoms with Gasteiger partial charge in [-0.1, -0.05) is 61.4 Å². The Bertz CT molecular complexity index is 1040. The van der Waals surface area contributed by atoms with Crippen molar-refractivity contribution in [3.63, 3.8) is 0 Å². The van der Waals surface area contributed by atoms with E-state index in [4.69, 9.17) is 4.74 Å². The lowest BCUT2D eigenvalue weighted by Crippen LogP contribution is -2.47. The maximum Gasteiger partial charge on any atom is 0.407 e. The topological polar surface area (TPSA) is 105 Å². The van der Waals surface area contributed by atoms with Crippen molar-refractivity contribution in [2.45, 2.75) is 56.5 Å². The number of alkyl carbamates (subject to hydrolysis) is 1. The molecule has 3 aliphatic carbocycles. The maximum atomic E-state index is 12.4. The summed E-state index contributed by atoms with van der Waals surface area (Å²) in [5, 5.41) is 14.9. The van der Waals surface area contributed by atoms with Crippen molar-refractivity contribution < 1.29 is 24.2 Å². The highest BCUT2D eigenvalue weighted by Crippen LogP contribution is 2.44. The van der Waals surface area contributed by atoms with Crippen LogP contribution in [0.25, 0.3) is 11.1 Å². The highest BCUT2D eigenvalue weighted by Gasteiger charge is 2.35. The summed E-state index contributed by atoms with van der Waals surface area (Å²) in [7, 11) is 0. The van der Waals surface area contributed by atoms with Crippen LogP contribution >= 0.6 is 0 Å². The molecular formula is C27H30N2O5. The molecule has 0 spiro atoms. The summed E-state index contributed by atoms with van der Waals surface area (Å²) in [6.07, 6.45) is 3.84. The van der Waals surface area contributed by atoms with E-state index < -0.39 is 18.1 Å². The van der Waals surface area contributed by atoms with Gasteiger partial charge < -0.3 is 20.5 Å². The predicted molar refractivity (Wildman–Crippen MR) is 126 cm³/mol. The van der Waals surface area contributed by atoms with Gasteiger partial charge in [0.05, 0.1) is 0 Å². The third-order valence-electron chi connectivity index (χ3n) is 7.27. The molecule has 2 saturated carbocycles. The molecule has 2 aromatic rings. The van der Waals surface area contributed by atoms with Gasteiger partial charge in [-0.05, 0) is 53.4 Å². The van der Waals surface area contributed by atoms with Gasteiger partial charge in [0.15, 0.2) is 0 Å². The second-order valence-electron chi connectivity index (χ2n) is 9.85. The van der Waals surface area contributed by atoms with Crippen molar-refractivity contribution in [3.8, 4) is 11.1 Å². The van der Waals surface area contributed by atoms with E-state index in [0.717, 1.165) is 12.8 Å². The molecule has 5 rings (SSSR count). The number of aliphatic carboxylic acids is 1. The third-order valence-corrected chi connectivity index (χ3v) is 7.27. The lowest BCUT2D eigenvalue weighted by atomic mass is 9.78. The van der Waals surface area contributed by atoms with E-state index in [0.29, 0.717) is 25.2 Å². The minimum absolute atomic E-state index is 0.0183. The SMILES string of the molecule is O=C(CC1CC(NC(=O)OCC2c3ccccc3-c3ccccc32)C1)N[C@@H](CC1CC1)C(=O)O. The lowest BCUT2D eigenvalue weighted by Gasteiger charge is -2.35. The zero-order valence-corrected chi connectivity index (χ0v) is 19.0. The number of carbonyl (C=O) groups is 3. The molecule has 3 N–H and O–H groups in total. The first-order valence-corrected chi connectivity index (χ1v) is 12.1. The van der Waals surface area contributed by atoms with Gasteiger partial charge in [0, 0.05) is 18.4 Å². The molecule has 2 aromatic carbocycles. The molecule has 1 atom stereocenters. The number of carbonyl (C=O) groups excluding carboxylic acids is 2. The number of nitrogens with one attached hydrogen (secondary N) is 2. The van der Waals surface area contributed by atoms with Gasteiger partial charge in [0.25, 0.3) is 0 Å². The van der Waals surface area contributed by atoms with Gasteiger partial charge in [-0.25, -0.2) is 9.59 Å². The van der Waals surface area contributed by atoms with Crippen molar-refractivity contribution >= 4 is 18.0 Å². The molecule has 2 fully saturated rings. The van der Waals surface area contributed by atoms with Crippen LogP contribution in [0.3, 0.4) is 0 Å². The molecule has 3 aliphatic rings. The van der Waals surface area contributed by atoms with Crippen LogP contribution in [-0.4, -0.2) is 41.8 Å². The number of hydrogen-bond acceptors (Lipinski definition) is 4. The number of rotatable bonds is 9. The van der Waals surface area contributed by atoms with E-state index in [9.17, 15) is 19.5 Å². The number of amides is 2. The van der Waals surface area contributed by atoms with Gasteiger partial charge >= 0.3 is 12.1 Å². The lowest BCUT2D eigenvalue weighted by molar-refractivity contribution is -0.142. The van der Waals surface area contributed by atoms with Gasteiger partial charge in [0.2, 0.25) is 5.91 Å². The van der Waals surface area contributed by atoms with E-state index >= 15 is 0 Å². The second-order valence-corrected chi connectivity index (χ2v) is 9.85. The third kappa shape index (κ3) is 4.93. The van der Waals surface area contributed by atoms with E-state index in [2.05, 4.69) is 34.9 Å². The van der Waals surface area contributed by atoms with Crippen molar-refractivity contribution in [2.24, 2.45) is 11.8 Å². The van der Waals surface area contributed by atoms with E-state index in [-0.39, 0.29) is 36.8 Å². The molecule has 2 amide bonds. The maximum absolute atomic E-state index is 12.4. The van der Waals surface area contributed by atoms with Gasteiger partial charge in [-0.3, -0.25) is 4.79 Å². The Hall–Kier alpha value is -3.35. The van der Waals surface area contributed by atoms with Crippen LogP contribution in [0.2, 0.25) is 0 Å². The molecule has 0 unspecified atom stereocenters. The second kappa shape index (κ2) is 9.49. The Morgan fingerprint density at radius 3 is 2.15 bits per heavy atom. The Labute approximate surface area is 198 Å². The zero-order chi connectivity index (χ0) is 23.7. The highest BCUT2D eigenvalue weighted by atomic mass is 16.5. The fourth-order valence-corrected chi connectivity index (χ4v) is 5.25. The number of hydrogen-bond donors (Lipinski definition) is 3. The molecule has 178 valence electrons. The van der Waals surface area contributed by atoms with Gasteiger partial charge in [-0.2, -0.15) is 0 Å². The molecule has 7 heteroatoms. The largest absolute Gasteiger partial charge is 0.480 e. The molecule has 34 heavy (non-hydrogen) atoms. The Morgan fingerprint density at radius 1 is 0.941 bits per heavy atom. The number of fused-ring (bicyclic) bond motifs is 3. The number of carboxylic acid groups (broad SMARTS) is 1. The van der Waals surface area contributed by atoms with Crippen LogP contribution in [0, 0.1) is 11.8 Å². The zero-order valence-electron chi connectivity index (χ0n) is 19.0. The quantitative estimate of drug-likeness (QED) is 0.521. The standard InChI is InChI=1S/C27H30N2O5/c30-25(29-24(26(31)32)13-16-9-10-16)14-17-11-18(12-17)28-27(33)34-15-23-21-7-3-1-5-19(21)20-6-2-4-8-22(20)23/h1-8,16-18,23-24H,9-15H2,(H,28,33)(H,29,30)(H,31,32)/t17?,18?,24-/m0/s1. The summed E-state index contributed by atoms with van der Waals surface area (Å²) >= 11 is 0. The predicted octanol–water partition coefficient (Wildman–Crippen LogP) is 4.06. The fraction of sp³-hybridized carbons (Fsp3) is 0.444. The molecule has 7 nitrogen and oxygen atoms in total. The van der Waals surface area contributed by atoms with E-state index in [1.165, 1.54) is 22.3 Å². The normalized spacial score (nSPS) is 21.5. The fourth-order valence-electron chi connectivity index (χ4n) is 5.25. The summed E-state index contributed by atoms with van der Waals surface area (Å²) < 4.78 is 5.59. The van der Waals surface area contributed by atoms with Crippen molar-refractivity contribution in [2.75, 3.05) is 6.61 Å². The summed E-state index contributed by atoms with van der Waals surface area (Å²) in [6, 6.07) is 15.6. The Morgan fingerprint density at radius 2 is 1.56 bits per heavy atom. The van der Waals surface area contributed by atoms with Crippen LogP contribution in [0.5, 0.6) is 0 Å². The average molecular weight is 463 g/mol. The Balaban J connectivity index is 1.05. The van der Waals surface area contributed by atoms with Crippen molar-refractivity contribution in [1.82, 2.24) is 10.6 Å². The molecule has 0 saturated heterocycles. The van der Waals surface area contributed by atoms with E-state index in [1.807, 2.05) is 24.3 Å². The van der Waals surface area contributed by atoms with Crippen molar-refractivity contribution in [3.05, 3.63) is 59.7 Å². The molecule has 0 aromatic heterocycles. The van der Waals surface area contributed by atoms with Crippen molar-refractivity contribution in [1.29, 1.82) is 0 Å². The summed E-state index contributed by atoms with van der Waals surface area (Å²) in [5.74, 6) is -0.597. The number of carboxylic acids is 1. The van der Waals surface area contributed by atoms with Crippen LogP contribution in [0.4, 0.5) is 4.79 Å². The molecule has 0 heterocycles. The van der Waals surface area contributed by atoms with Crippen LogP contribution in [0.15, 0.2) is 48.5 Å². The first-order chi connectivity index (χ1) is 16.5. The molecule has 0 bridgehead atoms. The first-order valence-electron chi connectivity index (χ1n) is 12.1. The summed E-state index contributed by atoms with van der Waals surface area (Å²) in [5.41, 5.74) is 4.73. The van der Waals surface area contributed by atoms with Crippen LogP contribution < -0.4 is 10.6 Å². The molecule has 0 aliphatic heterocycles.